The summed E-state index contributed by atoms with van der Waals surface area (Å²) in [5.41, 5.74) is 3.22. The lowest BCUT2D eigenvalue weighted by atomic mass is 10.0. The van der Waals surface area contributed by atoms with E-state index in [0.29, 0.717) is 28.9 Å². The van der Waals surface area contributed by atoms with Gasteiger partial charge in [0.25, 0.3) is 5.91 Å². The highest BCUT2D eigenvalue weighted by Crippen LogP contribution is 2.12. The number of hydrogen-bond donors (Lipinski definition) is 2. The van der Waals surface area contributed by atoms with Crippen molar-refractivity contribution in [3.05, 3.63) is 94.8 Å². The molecule has 0 radical (unpaired) electrons. The molecule has 0 aliphatic rings. The summed E-state index contributed by atoms with van der Waals surface area (Å²) < 4.78 is 1.78. The Morgan fingerprint density at radius 3 is 2.39 bits per heavy atom. The second kappa shape index (κ2) is 10.5. The van der Waals surface area contributed by atoms with Crippen molar-refractivity contribution in [3.63, 3.8) is 0 Å². The summed E-state index contributed by atoms with van der Waals surface area (Å²) in [5, 5.41) is 11.8. The van der Waals surface area contributed by atoms with Crippen molar-refractivity contribution in [1.82, 2.24) is 9.88 Å². The van der Waals surface area contributed by atoms with Crippen LogP contribution in [0.4, 0.5) is 0 Å². The van der Waals surface area contributed by atoms with E-state index in [9.17, 15) is 19.5 Å². The lowest BCUT2D eigenvalue weighted by Gasteiger charge is -2.17. The minimum atomic E-state index is -1.07. The number of nitrogens with zero attached hydrogens (tertiary/aromatic N) is 1. The van der Waals surface area contributed by atoms with Gasteiger partial charge in [0, 0.05) is 22.9 Å². The summed E-state index contributed by atoms with van der Waals surface area (Å²) in [6, 6.07) is 16.7. The van der Waals surface area contributed by atoms with Crippen molar-refractivity contribution < 1.29 is 19.5 Å². The Kier molecular flexibility index (Phi) is 7.47. The molecule has 1 atom stereocenters. The first-order valence-electron chi connectivity index (χ1n) is 10.7. The van der Waals surface area contributed by atoms with Gasteiger partial charge in [-0.15, -0.1) is 0 Å². The van der Waals surface area contributed by atoms with E-state index in [4.69, 9.17) is 0 Å². The van der Waals surface area contributed by atoms with Gasteiger partial charge in [-0.25, -0.2) is 4.79 Å². The number of amides is 1. The molecular weight excluding hydrogens is 416 g/mol. The van der Waals surface area contributed by atoms with E-state index in [-0.39, 0.29) is 11.7 Å². The Balaban J connectivity index is 1.72. The number of carboxylic acids is 1. The minimum absolute atomic E-state index is 0.0707. The number of hydrogen-bond acceptors (Lipinski definition) is 3. The Labute approximate surface area is 193 Å². The molecule has 3 aromatic rings. The van der Waals surface area contributed by atoms with Crippen LogP contribution < -0.4 is 5.32 Å². The summed E-state index contributed by atoms with van der Waals surface area (Å²) in [6.45, 7) is 5.75. The van der Waals surface area contributed by atoms with Crippen molar-refractivity contribution in [3.8, 4) is 11.8 Å². The zero-order valence-corrected chi connectivity index (χ0v) is 18.8. The van der Waals surface area contributed by atoms with Gasteiger partial charge in [-0.1, -0.05) is 61.6 Å². The van der Waals surface area contributed by atoms with Crippen LogP contribution in [0, 0.1) is 24.7 Å². The first kappa shape index (κ1) is 23.6. The third-order valence-electron chi connectivity index (χ3n) is 5.20. The standard InChI is InChI=1S/C27H26N2O4/c1-18(2)24(27(32)33)28-26(31)22-9-4-7-20(17-22)8-5-15-29-16-6-10-23(29)25(30)21-13-11-19(3)12-14-21/h4,6-7,9-14,16-18,24H,15H2,1-3H3,(H,28,31)(H,32,33)/t24-/m0/s1. The second-order valence-corrected chi connectivity index (χ2v) is 8.13. The van der Waals surface area contributed by atoms with Gasteiger partial charge in [0.1, 0.15) is 6.04 Å². The molecule has 6 heteroatoms. The van der Waals surface area contributed by atoms with Gasteiger partial charge in [0.15, 0.2) is 0 Å². The molecule has 1 aromatic heterocycles. The number of carboxylic acid groups (broad SMARTS) is 1. The number of carbonyl (C=O) groups is 3. The Hall–Kier alpha value is -4.11. The van der Waals surface area contributed by atoms with E-state index < -0.39 is 17.9 Å². The number of rotatable bonds is 7. The van der Waals surface area contributed by atoms with Crippen LogP contribution >= 0.6 is 0 Å². The zero-order chi connectivity index (χ0) is 24.0. The van der Waals surface area contributed by atoms with E-state index in [1.807, 2.05) is 37.3 Å². The van der Waals surface area contributed by atoms with Crippen molar-refractivity contribution in [1.29, 1.82) is 0 Å². The molecule has 6 nitrogen and oxygen atoms in total. The van der Waals surface area contributed by atoms with Crippen LogP contribution in [0.25, 0.3) is 0 Å². The molecule has 0 aliphatic heterocycles. The number of nitrogens with one attached hydrogen (secondary N) is 1. The maximum Gasteiger partial charge on any atom is 0.326 e. The minimum Gasteiger partial charge on any atom is -0.480 e. The summed E-state index contributed by atoms with van der Waals surface area (Å²) in [4.78, 5) is 36.7. The van der Waals surface area contributed by atoms with Gasteiger partial charge in [-0.05, 0) is 43.2 Å². The van der Waals surface area contributed by atoms with Crippen LogP contribution in [0.1, 0.15) is 51.4 Å². The second-order valence-electron chi connectivity index (χ2n) is 8.13. The largest absolute Gasteiger partial charge is 0.480 e. The summed E-state index contributed by atoms with van der Waals surface area (Å²) in [7, 11) is 0. The van der Waals surface area contributed by atoms with Crippen molar-refractivity contribution >= 4 is 17.7 Å². The number of ketones is 1. The predicted octanol–water partition coefficient (Wildman–Crippen LogP) is 3.92. The average molecular weight is 443 g/mol. The highest BCUT2D eigenvalue weighted by atomic mass is 16.4. The molecule has 0 unspecified atom stereocenters. The summed E-state index contributed by atoms with van der Waals surface area (Å²) >= 11 is 0. The molecule has 0 saturated carbocycles. The smallest absolute Gasteiger partial charge is 0.326 e. The van der Waals surface area contributed by atoms with Gasteiger partial charge in [-0.3, -0.25) is 9.59 Å². The SMILES string of the molecule is Cc1ccc(C(=O)c2cccn2CC#Cc2cccc(C(=O)N[C@H](C(=O)O)C(C)C)c2)cc1. The fraction of sp³-hybridized carbons (Fsp3) is 0.222. The molecule has 0 saturated heterocycles. The lowest BCUT2D eigenvalue weighted by molar-refractivity contribution is -0.140. The highest BCUT2D eigenvalue weighted by molar-refractivity contribution is 6.08. The van der Waals surface area contributed by atoms with Gasteiger partial charge < -0.3 is 15.0 Å². The molecule has 168 valence electrons. The van der Waals surface area contributed by atoms with E-state index in [1.165, 1.54) is 0 Å². The maximum atomic E-state index is 12.8. The van der Waals surface area contributed by atoms with E-state index in [1.54, 1.807) is 54.9 Å². The third-order valence-corrected chi connectivity index (χ3v) is 5.20. The molecule has 0 spiro atoms. The molecular formula is C27H26N2O4. The lowest BCUT2D eigenvalue weighted by Crippen LogP contribution is -2.44. The van der Waals surface area contributed by atoms with Crippen LogP contribution in [0.3, 0.4) is 0 Å². The molecule has 2 aromatic carbocycles. The molecule has 33 heavy (non-hydrogen) atoms. The van der Waals surface area contributed by atoms with Crippen LogP contribution in [0.2, 0.25) is 0 Å². The third kappa shape index (κ3) is 5.98. The topological polar surface area (TPSA) is 88.4 Å². The number of aryl methyl sites for hydroxylation is 1. The predicted molar refractivity (Wildman–Crippen MR) is 126 cm³/mol. The van der Waals surface area contributed by atoms with Crippen molar-refractivity contribution in [2.45, 2.75) is 33.4 Å². The van der Waals surface area contributed by atoms with Gasteiger partial charge in [-0.2, -0.15) is 0 Å². The van der Waals surface area contributed by atoms with Gasteiger partial charge in [0.2, 0.25) is 5.78 Å². The van der Waals surface area contributed by atoms with Crippen LogP contribution in [0.15, 0.2) is 66.9 Å². The normalized spacial score (nSPS) is 11.4. The average Bonchev–Trinajstić information content (AvgIpc) is 3.25. The van der Waals surface area contributed by atoms with Crippen LogP contribution in [-0.2, 0) is 11.3 Å². The number of aromatic nitrogens is 1. The molecule has 3 rings (SSSR count). The molecule has 0 bridgehead atoms. The number of benzene rings is 2. The molecule has 2 N–H and O–H groups in total. The molecule has 0 aliphatic carbocycles. The Morgan fingerprint density at radius 2 is 1.73 bits per heavy atom. The molecule has 0 fully saturated rings. The van der Waals surface area contributed by atoms with Crippen molar-refractivity contribution in [2.24, 2.45) is 5.92 Å². The Bertz CT molecular complexity index is 1230. The number of carbonyl (C=O) groups excluding carboxylic acids is 2. The summed E-state index contributed by atoms with van der Waals surface area (Å²) in [6.07, 6.45) is 1.80. The summed E-state index contributed by atoms with van der Waals surface area (Å²) in [5.74, 6) is 4.20. The Morgan fingerprint density at radius 1 is 1.00 bits per heavy atom. The van der Waals surface area contributed by atoms with Crippen LogP contribution in [-0.4, -0.2) is 33.4 Å². The maximum absolute atomic E-state index is 12.8. The van der Waals surface area contributed by atoms with E-state index >= 15 is 0 Å². The van der Waals surface area contributed by atoms with E-state index in [0.717, 1.165) is 5.56 Å². The zero-order valence-electron chi connectivity index (χ0n) is 18.8. The monoisotopic (exact) mass is 442 g/mol. The first-order chi connectivity index (χ1) is 15.8. The number of aliphatic carboxylic acids is 1. The van der Waals surface area contributed by atoms with Crippen LogP contribution in [0.5, 0.6) is 0 Å². The fourth-order valence-electron chi connectivity index (χ4n) is 3.31. The van der Waals surface area contributed by atoms with Crippen molar-refractivity contribution in [2.75, 3.05) is 0 Å². The first-order valence-corrected chi connectivity index (χ1v) is 10.7. The fourth-order valence-corrected chi connectivity index (χ4v) is 3.31. The van der Waals surface area contributed by atoms with E-state index in [2.05, 4.69) is 17.2 Å². The van der Waals surface area contributed by atoms with Gasteiger partial charge in [0.05, 0.1) is 12.2 Å². The molecule has 1 amide bonds. The molecule has 1 heterocycles. The quantitative estimate of drug-likeness (QED) is 0.429. The highest BCUT2D eigenvalue weighted by Gasteiger charge is 2.23. The van der Waals surface area contributed by atoms with Gasteiger partial charge >= 0.3 is 5.97 Å².